The van der Waals surface area contributed by atoms with Crippen molar-refractivity contribution in [3.63, 3.8) is 0 Å². The molecular formula is C20H25N3O2. The summed E-state index contributed by atoms with van der Waals surface area (Å²) >= 11 is 0. The Hall–Kier alpha value is -2.40. The van der Waals surface area contributed by atoms with Crippen LogP contribution in [-0.4, -0.2) is 34.0 Å². The largest absolute Gasteiger partial charge is 0.508 e. The van der Waals surface area contributed by atoms with E-state index in [0.29, 0.717) is 11.6 Å². The molecule has 1 amide bonds. The number of nitrogens with zero attached hydrogens (tertiary/aromatic N) is 2. The molecule has 0 radical (unpaired) electrons. The Morgan fingerprint density at radius 1 is 1.24 bits per heavy atom. The van der Waals surface area contributed by atoms with E-state index in [1.807, 2.05) is 25.1 Å². The Bertz CT molecular complexity index is 738. The monoisotopic (exact) mass is 339 g/mol. The number of aryl methyl sites for hydroxylation is 2. The van der Waals surface area contributed by atoms with E-state index in [1.165, 1.54) is 5.56 Å². The molecule has 0 atom stereocenters. The van der Waals surface area contributed by atoms with E-state index in [4.69, 9.17) is 0 Å². The summed E-state index contributed by atoms with van der Waals surface area (Å²) in [5.41, 5.74) is 3.25. The predicted octanol–water partition coefficient (Wildman–Crippen LogP) is 3.25. The lowest BCUT2D eigenvalue weighted by Crippen LogP contribution is -2.37. The molecule has 5 heteroatoms. The van der Waals surface area contributed by atoms with E-state index >= 15 is 0 Å². The second-order valence-corrected chi connectivity index (χ2v) is 6.82. The van der Waals surface area contributed by atoms with Crippen LogP contribution in [0.5, 0.6) is 5.75 Å². The van der Waals surface area contributed by atoms with Crippen LogP contribution in [0.2, 0.25) is 0 Å². The Morgan fingerprint density at radius 2 is 1.96 bits per heavy atom. The zero-order valence-corrected chi connectivity index (χ0v) is 14.8. The lowest BCUT2D eigenvalue weighted by atomic mass is 9.95. The highest BCUT2D eigenvalue weighted by atomic mass is 16.3. The van der Waals surface area contributed by atoms with Crippen molar-refractivity contribution in [2.75, 3.05) is 18.4 Å². The molecule has 1 aliphatic heterocycles. The third-order valence-corrected chi connectivity index (χ3v) is 4.96. The molecule has 2 heterocycles. The van der Waals surface area contributed by atoms with Gasteiger partial charge in [0.25, 0.3) is 0 Å². The average Bonchev–Trinajstić information content (AvgIpc) is 2.61. The smallest absolute Gasteiger partial charge is 0.228 e. The van der Waals surface area contributed by atoms with Crippen molar-refractivity contribution in [1.82, 2.24) is 9.88 Å². The van der Waals surface area contributed by atoms with Crippen molar-refractivity contribution in [2.24, 2.45) is 5.92 Å². The van der Waals surface area contributed by atoms with E-state index in [0.717, 1.165) is 43.6 Å². The van der Waals surface area contributed by atoms with Gasteiger partial charge in [-0.2, -0.15) is 0 Å². The fourth-order valence-electron chi connectivity index (χ4n) is 3.25. The Kier molecular flexibility index (Phi) is 5.34. The number of phenolic OH excluding ortho intramolecular Hbond substituents is 1. The van der Waals surface area contributed by atoms with E-state index in [-0.39, 0.29) is 11.8 Å². The number of hydrogen-bond acceptors (Lipinski definition) is 4. The molecule has 0 aliphatic carbocycles. The van der Waals surface area contributed by atoms with Crippen LogP contribution >= 0.6 is 0 Å². The van der Waals surface area contributed by atoms with Crippen molar-refractivity contribution in [2.45, 2.75) is 33.2 Å². The van der Waals surface area contributed by atoms with Crippen LogP contribution in [0, 0.1) is 19.8 Å². The Balaban J connectivity index is 1.53. The molecule has 1 aromatic carbocycles. The van der Waals surface area contributed by atoms with Crippen molar-refractivity contribution >= 4 is 11.7 Å². The number of aromatic hydroxyl groups is 1. The molecule has 0 unspecified atom stereocenters. The minimum Gasteiger partial charge on any atom is -0.508 e. The van der Waals surface area contributed by atoms with E-state index < -0.39 is 0 Å². The second kappa shape index (κ2) is 7.66. The molecule has 0 bridgehead atoms. The number of piperidine rings is 1. The van der Waals surface area contributed by atoms with Gasteiger partial charge in [0, 0.05) is 24.2 Å². The van der Waals surface area contributed by atoms with Gasteiger partial charge in [-0.15, -0.1) is 0 Å². The van der Waals surface area contributed by atoms with Crippen molar-refractivity contribution in [1.29, 1.82) is 0 Å². The number of anilines is 1. The molecule has 1 saturated heterocycles. The lowest BCUT2D eigenvalue weighted by molar-refractivity contribution is -0.121. The minimum absolute atomic E-state index is 0.0200. The summed E-state index contributed by atoms with van der Waals surface area (Å²) < 4.78 is 0. The lowest BCUT2D eigenvalue weighted by Gasteiger charge is -2.31. The molecule has 0 spiro atoms. The Labute approximate surface area is 148 Å². The van der Waals surface area contributed by atoms with Gasteiger partial charge in [-0.3, -0.25) is 9.69 Å². The first-order chi connectivity index (χ1) is 12.0. The maximum Gasteiger partial charge on any atom is 0.228 e. The standard InChI is InChI=1S/C20H25N3O2/c1-14-11-17(18(24)12-15(14)2)13-23-9-6-16(7-10-23)20(25)22-19-5-3-4-8-21-19/h3-5,8,11-12,16,24H,6-7,9-10,13H2,1-2H3,(H,21,22,25). The summed E-state index contributed by atoms with van der Waals surface area (Å²) in [6, 6.07) is 9.38. The van der Waals surface area contributed by atoms with Gasteiger partial charge < -0.3 is 10.4 Å². The molecule has 1 aromatic heterocycles. The maximum absolute atomic E-state index is 12.4. The number of amides is 1. The fourth-order valence-corrected chi connectivity index (χ4v) is 3.25. The first kappa shape index (κ1) is 17.4. The van der Waals surface area contributed by atoms with Gasteiger partial charge in [-0.25, -0.2) is 4.98 Å². The number of pyridine rings is 1. The van der Waals surface area contributed by atoms with Gasteiger partial charge >= 0.3 is 0 Å². The first-order valence-corrected chi connectivity index (χ1v) is 8.76. The average molecular weight is 339 g/mol. The Morgan fingerprint density at radius 3 is 2.64 bits per heavy atom. The molecule has 2 aromatic rings. The highest BCUT2D eigenvalue weighted by molar-refractivity contribution is 5.91. The number of nitrogens with one attached hydrogen (secondary N) is 1. The molecule has 5 nitrogen and oxygen atoms in total. The van der Waals surface area contributed by atoms with Crippen LogP contribution in [-0.2, 0) is 11.3 Å². The van der Waals surface area contributed by atoms with Crippen LogP contribution in [0.3, 0.4) is 0 Å². The number of hydrogen-bond donors (Lipinski definition) is 2. The third-order valence-electron chi connectivity index (χ3n) is 4.96. The first-order valence-electron chi connectivity index (χ1n) is 8.76. The van der Waals surface area contributed by atoms with Gasteiger partial charge in [0.15, 0.2) is 0 Å². The number of benzene rings is 1. The SMILES string of the molecule is Cc1cc(O)c(CN2CCC(C(=O)Nc3ccccn3)CC2)cc1C. The topological polar surface area (TPSA) is 65.5 Å². The van der Waals surface area contributed by atoms with Gasteiger partial charge in [-0.1, -0.05) is 12.1 Å². The number of phenols is 1. The number of likely N-dealkylation sites (tertiary alicyclic amines) is 1. The second-order valence-electron chi connectivity index (χ2n) is 6.82. The van der Waals surface area contributed by atoms with Crippen molar-refractivity contribution in [3.05, 3.63) is 53.2 Å². The van der Waals surface area contributed by atoms with Crippen molar-refractivity contribution < 1.29 is 9.90 Å². The number of aromatic nitrogens is 1. The van der Waals surface area contributed by atoms with Crippen molar-refractivity contribution in [3.8, 4) is 5.75 Å². The molecule has 132 valence electrons. The molecule has 1 fully saturated rings. The number of rotatable bonds is 4. The van der Waals surface area contributed by atoms with E-state index in [9.17, 15) is 9.90 Å². The number of carbonyl (C=O) groups excluding carboxylic acids is 1. The van der Waals surface area contributed by atoms with Crippen LogP contribution in [0.25, 0.3) is 0 Å². The molecule has 2 N–H and O–H groups in total. The normalized spacial score (nSPS) is 15.9. The summed E-state index contributed by atoms with van der Waals surface area (Å²) in [7, 11) is 0. The van der Waals surface area contributed by atoms with Gasteiger partial charge in [0.2, 0.25) is 5.91 Å². The summed E-state index contributed by atoms with van der Waals surface area (Å²) in [4.78, 5) is 18.8. The minimum atomic E-state index is 0.0200. The number of carbonyl (C=O) groups is 1. The summed E-state index contributed by atoms with van der Waals surface area (Å²) in [5.74, 6) is 1.03. The summed E-state index contributed by atoms with van der Waals surface area (Å²) in [5, 5.41) is 13.0. The van der Waals surface area contributed by atoms with Gasteiger partial charge in [0.1, 0.15) is 11.6 Å². The zero-order valence-electron chi connectivity index (χ0n) is 14.8. The maximum atomic E-state index is 12.4. The third kappa shape index (κ3) is 4.37. The summed E-state index contributed by atoms with van der Waals surface area (Å²) in [6.45, 7) is 6.50. The highest BCUT2D eigenvalue weighted by Crippen LogP contribution is 2.26. The van der Waals surface area contributed by atoms with E-state index in [2.05, 4.69) is 28.2 Å². The molecular weight excluding hydrogens is 314 g/mol. The predicted molar refractivity (Wildman–Crippen MR) is 98.4 cm³/mol. The zero-order chi connectivity index (χ0) is 17.8. The van der Waals surface area contributed by atoms with Crippen LogP contribution < -0.4 is 5.32 Å². The highest BCUT2D eigenvalue weighted by Gasteiger charge is 2.25. The molecule has 25 heavy (non-hydrogen) atoms. The molecule has 3 rings (SSSR count). The fraction of sp³-hybridized carbons (Fsp3) is 0.400. The van der Waals surface area contributed by atoms with Gasteiger partial charge in [-0.05, 0) is 69.1 Å². The summed E-state index contributed by atoms with van der Waals surface area (Å²) in [6.07, 6.45) is 3.32. The quantitative estimate of drug-likeness (QED) is 0.897. The van der Waals surface area contributed by atoms with Crippen LogP contribution in [0.15, 0.2) is 36.5 Å². The van der Waals surface area contributed by atoms with Crippen LogP contribution in [0.4, 0.5) is 5.82 Å². The molecule has 0 saturated carbocycles. The molecule has 1 aliphatic rings. The van der Waals surface area contributed by atoms with Crippen LogP contribution in [0.1, 0.15) is 29.5 Å². The van der Waals surface area contributed by atoms with Gasteiger partial charge in [0.05, 0.1) is 0 Å². The van der Waals surface area contributed by atoms with E-state index in [1.54, 1.807) is 12.3 Å².